The van der Waals surface area contributed by atoms with E-state index in [1.165, 1.54) is 32.1 Å². The Morgan fingerprint density at radius 3 is 2.59 bits per heavy atom. The molecule has 2 aliphatic rings. The van der Waals surface area contributed by atoms with Gasteiger partial charge in [0.25, 0.3) is 0 Å². The van der Waals surface area contributed by atoms with Gasteiger partial charge < -0.3 is 15.4 Å². The molecule has 0 unspecified atom stereocenters. The number of halogens is 1. The van der Waals surface area contributed by atoms with Crippen LogP contribution in [0.25, 0.3) is 0 Å². The highest BCUT2D eigenvalue weighted by molar-refractivity contribution is 14.0. The number of morpholine rings is 1. The molecule has 6 heteroatoms. The quantitative estimate of drug-likeness (QED) is 0.297. The maximum absolute atomic E-state index is 5.37. The highest BCUT2D eigenvalue weighted by atomic mass is 127. The lowest BCUT2D eigenvalue weighted by Crippen LogP contribution is -2.44. The molecule has 1 heterocycles. The van der Waals surface area contributed by atoms with Gasteiger partial charge in [0.05, 0.1) is 13.2 Å². The fraction of sp³-hybridized carbons (Fsp3) is 0.938. The number of ether oxygens (including phenoxy) is 1. The van der Waals surface area contributed by atoms with Crippen LogP contribution >= 0.6 is 24.0 Å². The summed E-state index contributed by atoms with van der Waals surface area (Å²) in [5, 5.41) is 6.97. The molecule has 0 radical (unpaired) electrons. The Balaban J connectivity index is 0.00000242. The minimum Gasteiger partial charge on any atom is -0.379 e. The molecule has 0 atom stereocenters. The van der Waals surface area contributed by atoms with E-state index in [4.69, 9.17) is 9.73 Å². The van der Waals surface area contributed by atoms with E-state index in [1.807, 2.05) is 0 Å². The largest absolute Gasteiger partial charge is 0.379 e. The third-order valence-corrected chi connectivity index (χ3v) is 4.30. The zero-order chi connectivity index (χ0) is 14.8. The van der Waals surface area contributed by atoms with Crippen molar-refractivity contribution in [2.24, 2.45) is 4.99 Å². The van der Waals surface area contributed by atoms with Crippen LogP contribution < -0.4 is 10.6 Å². The molecule has 1 saturated carbocycles. The summed E-state index contributed by atoms with van der Waals surface area (Å²) in [4.78, 5) is 7.20. The fourth-order valence-corrected chi connectivity index (χ4v) is 3.07. The number of rotatable bonds is 6. The van der Waals surface area contributed by atoms with E-state index in [0.29, 0.717) is 6.04 Å². The molecule has 0 aromatic heterocycles. The van der Waals surface area contributed by atoms with E-state index in [0.717, 1.165) is 58.3 Å². The standard InChI is InChI=1S/C16H32N4O.HI/c1-2-17-16(19-15-7-4-3-5-8-15)18-9-6-10-20-11-13-21-14-12-20;/h15H,2-14H2,1H3,(H2,17,18,19);1H. The average molecular weight is 424 g/mol. The van der Waals surface area contributed by atoms with E-state index in [9.17, 15) is 0 Å². The lowest BCUT2D eigenvalue weighted by atomic mass is 9.96. The van der Waals surface area contributed by atoms with E-state index in [-0.39, 0.29) is 24.0 Å². The molecule has 2 N–H and O–H groups in total. The second kappa shape index (κ2) is 12.4. The van der Waals surface area contributed by atoms with Crippen LogP contribution in [0, 0.1) is 0 Å². The highest BCUT2D eigenvalue weighted by Gasteiger charge is 2.14. The summed E-state index contributed by atoms with van der Waals surface area (Å²) in [5.41, 5.74) is 0. The topological polar surface area (TPSA) is 48.9 Å². The number of guanidine groups is 1. The molecule has 2 rings (SSSR count). The number of aliphatic imine (C=N–C) groups is 1. The first-order valence-electron chi connectivity index (χ1n) is 8.73. The Morgan fingerprint density at radius 2 is 1.91 bits per heavy atom. The third-order valence-electron chi connectivity index (χ3n) is 4.30. The lowest BCUT2D eigenvalue weighted by Gasteiger charge is -2.26. The van der Waals surface area contributed by atoms with Crippen molar-refractivity contribution >= 4 is 29.9 Å². The predicted molar refractivity (Wildman–Crippen MR) is 103 cm³/mol. The van der Waals surface area contributed by atoms with Gasteiger partial charge in [0.15, 0.2) is 5.96 Å². The third kappa shape index (κ3) is 7.97. The smallest absolute Gasteiger partial charge is 0.191 e. The van der Waals surface area contributed by atoms with Crippen molar-refractivity contribution in [3.63, 3.8) is 0 Å². The molecule has 0 aromatic carbocycles. The Bertz CT molecular complexity index is 303. The average Bonchev–Trinajstić information content (AvgIpc) is 2.54. The minimum atomic E-state index is 0. The molecule has 1 saturated heterocycles. The Kier molecular flexibility index (Phi) is 11.2. The number of hydrogen-bond acceptors (Lipinski definition) is 3. The van der Waals surface area contributed by atoms with Gasteiger partial charge in [0.2, 0.25) is 0 Å². The summed E-state index contributed by atoms with van der Waals surface area (Å²) in [7, 11) is 0. The molecule has 0 aromatic rings. The van der Waals surface area contributed by atoms with Crippen molar-refractivity contribution < 1.29 is 4.74 Å². The van der Waals surface area contributed by atoms with Crippen LogP contribution in [0.4, 0.5) is 0 Å². The van der Waals surface area contributed by atoms with Gasteiger partial charge in [0.1, 0.15) is 0 Å². The first-order chi connectivity index (χ1) is 10.4. The summed E-state index contributed by atoms with van der Waals surface area (Å²) < 4.78 is 5.37. The molecule has 5 nitrogen and oxygen atoms in total. The first-order valence-corrected chi connectivity index (χ1v) is 8.73. The molecule has 0 amide bonds. The second-order valence-electron chi connectivity index (χ2n) is 6.05. The molecular weight excluding hydrogens is 391 g/mol. The van der Waals surface area contributed by atoms with Gasteiger partial charge >= 0.3 is 0 Å². The van der Waals surface area contributed by atoms with E-state index in [1.54, 1.807) is 0 Å². The monoisotopic (exact) mass is 424 g/mol. The molecule has 0 bridgehead atoms. The van der Waals surface area contributed by atoms with Gasteiger partial charge in [-0.1, -0.05) is 19.3 Å². The van der Waals surface area contributed by atoms with Gasteiger partial charge in [-0.25, -0.2) is 0 Å². The van der Waals surface area contributed by atoms with Crippen LogP contribution in [0.2, 0.25) is 0 Å². The van der Waals surface area contributed by atoms with Crippen molar-refractivity contribution in [2.45, 2.75) is 51.5 Å². The van der Waals surface area contributed by atoms with Crippen LogP contribution in [0.5, 0.6) is 0 Å². The highest BCUT2D eigenvalue weighted by Crippen LogP contribution is 2.17. The first kappa shape index (κ1) is 20.0. The maximum atomic E-state index is 5.37. The van der Waals surface area contributed by atoms with Crippen molar-refractivity contribution in [2.75, 3.05) is 45.9 Å². The fourth-order valence-electron chi connectivity index (χ4n) is 3.07. The number of nitrogens with one attached hydrogen (secondary N) is 2. The molecular formula is C16H33IN4O. The van der Waals surface area contributed by atoms with Crippen molar-refractivity contribution in [3.8, 4) is 0 Å². The summed E-state index contributed by atoms with van der Waals surface area (Å²) in [6, 6.07) is 0.621. The van der Waals surface area contributed by atoms with E-state index in [2.05, 4.69) is 22.5 Å². The van der Waals surface area contributed by atoms with Gasteiger partial charge in [0, 0.05) is 38.8 Å². The SMILES string of the molecule is CCNC(=NCCCN1CCOCC1)NC1CCCCC1.I. The predicted octanol–water partition coefficient (Wildman–Crippen LogP) is 2.21. The van der Waals surface area contributed by atoms with Crippen LogP contribution in [-0.4, -0.2) is 62.8 Å². The molecule has 0 spiro atoms. The van der Waals surface area contributed by atoms with Gasteiger partial charge in [-0.05, 0) is 26.2 Å². The summed E-state index contributed by atoms with van der Waals surface area (Å²) >= 11 is 0. The molecule has 2 fully saturated rings. The van der Waals surface area contributed by atoms with Crippen molar-refractivity contribution in [3.05, 3.63) is 0 Å². The van der Waals surface area contributed by atoms with Crippen molar-refractivity contribution in [1.82, 2.24) is 15.5 Å². The summed E-state index contributed by atoms with van der Waals surface area (Å²) in [6.07, 6.45) is 7.81. The van der Waals surface area contributed by atoms with Crippen LogP contribution in [0.3, 0.4) is 0 Å². The van der Waals surface area contributed by atoms with Crippen molar-refractivity contribution in [1.29, 1.82) is 0 Å². The normalized spacial score (nSPS) is 21.2. The maximum Gasteiger partial charge on any atom is 0.191 e. The molecule has 22 heavy (non-hydrogen) atoms. The molecule has 1 aliphatic heterocycles. The van der Waals surface area contributed by atoms with E-state index < -0.39 is 0 Å². The summed E-state index contributed by atoms with van der Waals surface area (Å²) in [5.74, 6) is 1.01. The van der Waals surface area contributed by atoms with Crippen LogP contribution in [0.1, 0.15) is 45.4 Å². The van der Waals surface area contributed by atoms with E-state index >= 15 is 0 Å². The van der Waals surface area contributed by atoms with Gasteiger partial charge in [-0.3, -0.25) is 9.89 Å². The minimum absolute atomic E-state index is 0. The molecule has 130 valence electrons. The summed E-state index contributed by atoms with van der Waals surface area (Å²) in [6.45, 7) is 9.02. The Hall–Kier alpha value is -0.0800. The van der Waals surface area contributed by atoms with Crippen LogP contribution in [0.15, 0.2) is 4.99 Å². The van der Waals surface area contributed by atoms with Gasteiger partial charge in [-0.2, -0.15) is 0 Å². The molecule has 1 aliphatic carbocycles. The zero-order valence-corrected chi connectivity index (χ0v) is 16.3. The number of hydrogen-bond donors (Lipinski definition) is 2. The number of nitrogens with zero attached hydrogens (tertiary/aromatic N) is 2. The zero-order valence-electron chi connectivity index (χ0n) is 14.0. The Morgan fingerprint density at radius 1 is 1.18 bits per heavy atom. The lowest BCUT2D eigenvalue weighted by molar-refractivity contribution is 0.0377. The van der Waals surface area contributed by atoms with Gasteiger partial charge in [-0.15, -0.1) is 24.0 Å². The van der Waals surface area contributed by atoms with Crippen LogP contribution in [-0.2, 0) is 4.74 Å². The second-order valence-corrected chi connectivity index (χ2v) is 6.05. The Labute approximate surface area is 152 Å².